The molecule has 6 nitrogen and oxygen atoms in total. The second-order valence-electron chi connectivity index (χ2n) is 7.31. The second kappa shape index (κ2) is 8.41. The number of aryl methyl sites for hydroxylation is 2. The number of ether oxygens (including phenoxy) is 1. The number of carbonyl (C=O) groups excluding carboxylic acids is 1. The molecule has 0 atom stereocenters. The molecule has 2 aromatic heterocycles. The minimum atomic E-state index is -4.77. The fourth-order valence-electron chi connectivity index (χ4n) is 3.49. The maximum Gasteiger partial charge on any atom is 0.434 e. The highest BCUT2D eigenvalue weighted by molar-refractivity contribution is 5.95. The maximum atomic E-state index is 14.0. The van der Waals surface area contributed by atoms with E-state index in [1.807, 2.05) is 6.92 Å². The summed E-state index contributed by atoms with van der Waals surface area (Å²) in [4.78, 5) is 18.5. The van der Waals surface area contributed by atoms with Crippen molar-refractivity contribution in [3.63, 3.8) is 0 Å². The van der Waals surface area contributed by atoms with E-state index in [0.29, 0.717) is 17.0 Å². The van der Waals surface area contributed by atoms with Crippen molar-refractivity contribution in [3.05, 3.63) is 70.3 Å². The molecule has 0 bridgehead atoms. The Kier molecular flexibility index (Phi) is 6.06. The number of hydrogen-bond donors (Lipinski definition) is 0. The van der Waals surface area contributed by atoms with Crippen LogP contribution in [0.25, 0.3) is 5.69 Å². The van der Waals surface area contributed by atoms with E-state index in [2.05, 4.69) is 10.1 Å². The lowest BCUT2D eigenvalue weighted by Gasteiger charge is -2.20. The van der Waals surface area contributed by atoms with E-state index >= 15 is 0 Å². The van der Waals surface area contributed by atoms with Crippen LogP contribution in [-0.2, 0) is 12.7 Å². The molecule has 2 heterocycles. The average molecular weight is 432 g/mol. The molecule has 0 N–H and O–H groups in total. The van der Waals surface area contributed by atoms with Gasteiger partial charge in [-0.1, -0.05) is 18.2 Å². The molecule has 0 aliphatic heterocycles. The van der Waals surface area contributed by atoms with Crippen LogP contribution >= 0.6 is 0 Å². The van der Waals surface area contributed by atoms with Gasteiger partial charge in [-0.05, 0) is 32.4 Å². The SMILES string of the molecule is COc1c(C)cnc(CN(C)C(=O)c2cnn(-c3ccccc3C)c2C(F)(F)F)c1C. The van der Waals surface area contributed by atoms with Gasteiger partial charge in [0.25, 0.3) is 5.91 Å². The summed E-state index contributed by atoms with van der Waals surface area (Å²) in [6, 6.07) is 6.56. The van der Waals surface area contributed by atoms with Gasteiger partial charge in [-0.15, -0.1) is 0 Å². The Morgan fingerprint density at radius 1 is 1.13 bits per heavy atom. The average Bonchev–Trinajstić information content (AvgIpc) is 3.15. The Bertz CT molecular complexity index is 1120. The normalized spacial score (nSPS) is 11.5. The molecule has 1 amide bonds. The van der Waals surface area contributed by atoms with Crippen LogP contribution in [0, 0.1) is 20.8 Å². The fraction of sp³-hybridized carbons (Fsp3) is 0.318. The van der Waals surface area contributed by atoms with Crippen molar-refractivity contribution in [3.8, 4) is 11.4 Å². The number of nitrogens with zero attached hydrogens (tertiary/aromatic N) is 4. The molecule has 0 saturated carbocycles. The Morgan fingerprint density at radius 3 is 2.42 bits per heavy atom. The molecule has 3 aromatic rings. The number of methoxy groups -OCH3 is 1. The summed E-state index contributed by atoms with van der Waals surface area (Å²) >= 11 is 0. The molecule has 0 aliphatic rings. The largest absolute Gasteiger partial charge is 0.496 e. The van der Waals surface area contributed by atoms with Crippen LogP contribution in [0.2, 0.25) is 0 Å². The van der Waals surface area contributed by atoms with Gasteiger partial charge in [0.1, 0.15) is 5.75 Å². The summed E-state index contributed by atoms with van der Waals surface area (Å²) < 4.78 is 48.0. The molecule has 0 radical (unpaired) electrons. The number of halogens is 3. The first-order chi connectivity index (χ1) is 14.6. The Labute approximate surface area is 178 Å². The van der Waals surface area contributed by atoms with E-state index in [1.165, 1.54) is 25.1 Å². The lowest BCUT2D eigenvalue weighted by atomic mass is 10.1. The number of pyridine rings is 1. The molecule has 0 fully saturated rings. The number of benzene rings is 1. The minimum Gasteiger partial charge on any atom is -0.496 e. The van der Waals surface area contributed by atoms with Gasteiger partial charge in [-0.3, -0.25) is 9.78 Å². The van der Waals surface area contributed by atoms with Crippen LogP contribution in [0.15, 0.2) is 36.7 Å². The van der Waals surface area contributed by atoms with E-state index in [0.717, 1.165) is 22.0 Å². The van der Waals surface area contributed by atoms with Gasteiger partial charge in [0.15, 0.2) is 5.69 Å². The highest BCUT2D eigenvalue weighted by atomic mass is 19.4. The third-order valence-corrected chi connectivity index (χ3v) is 5.10. The van der Waals surface area contributed by atoms with E-state index in [1.54, 1.807) is 38.2 Å². The van der Waals surface area contributed by atoms with Gasteiger partial charge in [-0.2, -0.15) is 18.3 Å². The summed E-state index contributed by atoms with van der Waals surface area (Å²) in [6.07, 6.45) is -2.20. The van der Waals surface area contributed by atoms with Crippen molar-refractivity contribution >= 4 is 5.91 Å². The van der Waals surface area contributed by atoms with Crippen molar-refractivity contribution in [2.45, 2.75) is 33.5 Å². The molecular formula is C22H23F3N4O2. The van der Waals surface area contributed by atoms with Crippen molar-refractivity contribution in [2.24, 2.45) is 0 Å². The van der Waals surface area contributed by atoms with Crippen LogP contribution in [0.3, 0.4) is 0 Å². The zero-order valence-corrected chi connectivity index (χ0v) is 17.9. The smallest absolute Gasteiger partial charge is 0.434 e. The summed E-state index contributed by atoms with van der Waals surface area (Å²) in [7, 11) is 2.96. The molecule has 3 rings (SSSR count). The number of amides is 1. The van der Waals surface area contributed by atoms with E-state index < -0.39 is 23.3 Å². The Morgan fingerprint density at radius 2 is 1.81 bits per heavy atom. The lowest BCUT2D eigenvalue weighted by Crippen LogP contribution is -2.29. The highest BCUT2D eigenvalue weighted by Gasteiger charge is 2.41. The van der Waals surface area contributed by atoms with Gasteiger partial charge in [0.05, 0.1) is 36.8 Å². The predicted molar refractivity (Wildman–Crippen MR) is 109 cm³/mol. The molecule has 164 valence electrons. The first kappa shape index (κ1) is 22.3. The number of hydrogen-bond acceptors (Lipinski definition) is 4. The second-order valence-corrected chi connectivity index (χ2v) is 7.31. The lowest BCUT2D eigenvalue weighted by molar-refractivity contribution is -0.143. The topological polar surface area (TPSA) is 60.2 Å². The fourth-order valence-corrected chi connectivity index (χ4v) is 3.49. The molecule has 0 saturated heterocycles. The number of alkyl halides is 3. The van der Waals surface area contributed by atoms with Gasteiger partial charge in [-0.25, -0.2) is 4.68 Å². The highest BCUT2D eigenvalue weighted by Crippen LogP contribution is 2.35. The summed E-state index contributed by atoms with van der Waals surface area (Å²) in [5, 5.41) is 3.89. The first-order valence-electron chi connectivity index (χ1n) is 9.52. The quantitative estimate of drug-likeness (QED) is 0.596. The molecular weight excluding hydrogens is 409 g/mol. The van der Waals surface area contributed by atoms with Gasteiger partial charge < -0.3 is 9.64 Å². The minimum absolute atomic E-state index is 0.0220. The van der Waals surface area contributed by atoms with Crippen LogP contribution in [-0.4, -0.2) is 39.7 Å². The molecule has 9 heteroatoms. The van der Waals surface area contributed by atoms with E-state index in [9.17, 15) is 18.0 Å². The zero-order chi connectivity index (χ0) is 22.9. The first-order valence-corrected chi connectivity index (χ1v) is 9.52. The van der Waals surface area contributed by atoms with E-state index in [4.69, 9.17) is 4.74 Å². The number of rotatable bonds is 5. The van der Waals surface area contributed by atoms with Crippen LogP contribution in [0.4, 0.5) is 13.2 Å². The summed E-state index contributed by atoms with van der Waals surface area (Å²) in [6.45, 7) is 5.34. The summed E-state index contributed by atoms with van der Waals surface area (Å²) in [5.74, 6) is -0.165. The van der Waals surface area contributed by atoms with Gasteiger partial charge >= 0.3 is 6.18 Å². The Balaban J connectivity index is 2.00. The van der Waals surface area contributed by atoms with Crippen molar-refractivity contribution in [2.75, 3.05) is 14.2 Å². The number of carbonyl (C=O) groups is 1. The van der Waals surface area contributed by atoms with Gasteiger partial charge in [0.2, 0.25) is 0 Å². The maximum absolute atomic E-state index is 14.0. The van der Waals surface area contributed by atoms with Crippen molar-refractivity contribution < 1.29 is 22.7 Å². The third-order valence-electron chi connectivity index (χ3n) is 5.10. The van der Waals surface area contributed by atoms with Crippen LogP contribution in [0.5, 0.6) is 5.75 Å². The monoisotopic (exact) mass is 432 g/mol. The van der Waals surface area contributed by atoms with Crippen molar-refractivity contribution in [1.29, 1.82) is 0 Å². The number of aromatic nitrogens is 3. The molecule has 1 aromatic carbocycles. The Hall–Kier alpha value is -3.36. The third kappa shape index (κ3) is 4.26. The molecule has 31 heavy (non-hydrogen) atoms. The molecule has 0 aliphatic carbocycles. The number of para-hydroxylation sites is 1. The van der Waals surface area contributed by atoms with Crippen LogP contribution < -0.4 is 4.74 Å². The zero-order valence-electron chi connectivity index (χ0n) is 17.9. The predicted octanol–water partition coefficient (Wildman–Crippen LogP) is 4.49. The summed E-state index contributed by atoms with van der Waals surface area (Å²) in [5.41, 5.74) is 1.34. The van der Waals surface area contributed by atoms with Gasteiger partial charge in [0, 0.05) is 24.4 Å². The standard InChI is InChI=1S/C22H23F3N4O2/c1-13-8-6-7-9-18(13)29-20(22(23,24)25)16(11-27-29)21(30)28(4)12-17-15(3)19(31-5)14(2)10-26-17/h6-11H,12H2,1-5H3. The van der Waals surface area contributed by atoms with Crippen LogP contribution in [0.1, 0.15) is 38.4 Å². The van der Waals surface area contributed by atoms with Crippen molar-refractivity contribution in [1.82, 2.24) is 19.7 Å². The van der Waals surface area contributed by atoms with E-state index in [-0.39, 0.29) is 12.2 Å². The molecule has 0 spiro atoms. The molecule has 0 unspecified atom stereocenters.